The molecule has 3 aromatic rings. The number of aryl methyl sites for hydroxylation is 2. The van der Waals surface area contributed by atoms with Crippen LogP contribution in [-0.2, 0) is 0 Å². The molecule has 2 amide bonds. The molecule has 2 N–H and O–H groups in total. The van der Waals surface area contributed by atoms with Gasteiger partial charge in [0.15, 0.2) is 0 Å². The number of H-pyrrole nitrogens is 1. The fourth-order valence-electron chi connectivity index (χ4n) is 3.54. The maximum Gasteiger partial charge on any atom is 0.321 e. The van der Waals surface area contributed by atoms with Crippen molar-refractivity contribution in [2.75, 3.05) is 36.4 Å². The van der Waals surface area contributed by atoms with Crippen LogP contribution in [0.1, 0.15) is 16.7 Å². The van der Waals surface area contributed by atoms with Crippen LogP contribution >= 0.6 is 0 Å². The minimum absolute atomic E-state index is 0.0472. The van der Waals surface area contributed by atoms with E-state index in [4.69, 9.17) is 0 Å². The van der Waals surface area contributed by atoms with Gasteiger partial charge in [-0.15, -0.1) is 0 Å². The van der Waals surface area contributed by atoms with Crippen LogP contribution in [0.15, 0.2) is 30.7 Å². The smallest absolute Gasteiger partial charge is 0.321 e. The van der Waals surface area contributed by atoms with Gasteiger partial charge in [0.1, 0.15) is 17.8 Å². The van der Waals surface area contributed by atoms with Gasteiger partial charge in [0.25, 0.3) is 0 Å². The van der Waals surface area contributed by atoms with E-state index < -0.39 is 0 Å². The first-order valence-corrected chi connectivity index (χ1v) is 9.20. The molecule has 0 saturated carbocycles. The number of carbonyl (C=O) groups is 1. The second-order valence-corrected chi connectivity index (χ2v) is 7.04. The van der Waals surface area contributed by atoms with Crippen molar-refractivity contribution >= 4 is 28.6 Å². The average Bonchev–Trinajstić information content (AvgIpc) is 3.07. The average molecular weight is 364 g/mol. The third-order valence-electron chi connectivity index (χ3n) is 5.36. The maximum absolute atomic E-state index is 12.7. The fourth-order valence-corrected chi connectivity index (χ4v) is 3.54. The number of aromatic nitrogens is 3. The molecule has 1 aliphatic rings. The molecule has 7 nitrogen and oxygen atoms in total. The number of nitrogens with one attached hydrogen (secondary N) is 2. The van der Waals surface area contributed by atoms with Gasteiger partial charge in [-0.05, 0) is 43.5 Å². The van der Waals surface area contributed by atoms with Crippen molar-refractivity contribution in [3.05, 3.63) is 47.4 Å². The quantitative estimate of drug-likeness (QED) is 0.732. The summed E-state index contributed by atoms with van der Waals surface area (Å²) in [6.45, 7) is 8.95. The Bertz CT molecular complexity index is 987. The SMILES string of the molecule is Cc1cccc(NC(=O)N2CCN(c3ncnc4[nH]cc(C)c34)CC2)c1C. The highest BCUT2D eigenvalue weighted by atomic mass is 16.2. The van der Waals surface area contributed by atoms with Crippen LogP contribution < -0.4 is 10.2 Å². The number of hydrogen-bond donors (Lipinski definition) is 2. The monoisotopic (exact) mass is 364 g/mol. The Kier molecular flexibility index (Phi) is 4.43. The van der Waals surface area contributed by atoms with E-state index in [1.165, 1.54) is 5.56 Å². The first kappa shape index (κ1) is 17.3. The number of nitrogens with zero attached hydrogens (tertiary/aromatic N) is 4. The molecular weight excluding hydrogens is 340 g/mol. The largest absolute Gasteiger partial charge is 0.352 e. The lowest BCUT2D eigenvalue weighted by Crippen LogP contribution is -2.50. The Balaban J connectivity index is 1.45. The minimum Gasteiger partial charge on any atom is -0.352 e. The first-order valence-electron chi connectivity index (χ1n) is 9.20. The van der Waals surface area contributed by atoms with Crippen LogP contribution in [0.5, 0.6) is 0 Å². The van der Waals surface area contributed by atoms with E-state index in [0.717, 1.165) is 46.8 Å². The lowest BCUT2D eigenvalue weighted by Gasteiger charge is -2.35. The number of hydrogen-bond acceptors (Lipinski definition) is 4. The van der Waals surface area contributed by atoms with E-state index in [9.17, 15) is 4.79 Å². The molecule has 0 atom stereocenters. The summed E-state index contributed by atoms with van der Waals surface area (Å²) < 4.78 is 0. The number of fused-ring (bicyclic) bond motifs is 1. The molecular formula is C20H24N6O. The van der Waals surface area contributed by atoms with Crippen molar-refractivity contribution in [2.24, 2.45) is 0 Å². The molecule has 0 unspecified atom stereocenters. The third-order valence-corrected chi connectivity index (χ3v) is 5.36. The van der Waals surface area contributed by atoms with E-state index in [0.29, 0.717) is 13.1 Å². The molecule has 1 fully saturated rings. The topological polar surface area (TPSA) is 77.2 Å². The Morgan fingerprint density at radius 2 is 1.85 bits per heavy atom. The van der Waals surface area contributed by atoms with Crippen molar-refractivity contribution in [2.45, 2.75) is 20.8 Å². The highest BCUT2D eigenvalue weighted by Crippen LogP contribution is 2.26. The van der Waals surface area contributed by atoms with E-state index >= 15 is 0 Å². The molecule has 4 rings (SSSR count). The summed E-state index contributed by atoms with van der Waals surface area (Å²) in [5, 5.41) is 4.11. The minimum atomic E-state index is -0.0472. The van der Waals surface area contributed by atoms with Crippen molar-refractivity contribution < 1.29 is 4.79 Å². The Morgan fingerprint density at radius 1 is 1.07 bits per heavy atom. The predicted octanol–water partition coefficient (Wildman–Crippen LogP) is 3.24. The highest BCUT2D eigenvalue weighted by Gasteiger charge is 2.24. The number of amides is 2. The summed E-state index contributed by atoms with van der Waals surface area (Å²) in [7, 11) is 0. The van der Waals surface area contributed by atoms with Crippen LogP contribution in [0, 0.1) is 20.8 Å². The standard InChI is InChI=1S/C20H24N6O/c1-13-5-4-6-16(15(13)3)24-20(27)26-9-7-25(8-10-26)19-17-14(2)11-21-18(17)22-12-23-19/h4-6,11-12H,7-10H2,1-3H3,(H,24,27)(H,21,22,23). The fraction of sp³-hybridized carbons (Fsp3) is 0.350. The van der Waals surface area contributed by atoms with Crippen molar-refractivity contribution in [3.8, 4) is 0 Å². The number of aromatic amines is 1. The zero-order valence-electron chi connectivity index (χ0n) is 15.9. The Hall–Kier alpha value is -3.09. The number of urea groups is 1. The zero-order chi connectivity index (χ0) is 19.0. The van der Waals surface area contributed by atoms with E-state index in [1.807, 2.05) is 30.2 Å². The molecule has 1 saturated heterocycles. The molecule has 0 bridgehead atoms. The summed E-state index contributed by atoms with van der Waals surface area (Å²) in [6.07, 6.45) is 3.55. The normalized spacial score (nSPS) is 14.6. The molecule has 1 aromatic carbocycles. The van der Waals surface area contributed by atoms with Gasteiger partial charge in [0, 0.05) is 38.1 Å². The number of anilines is 2. The lowest BCUT2D eigenvalue weighted by molar-refractivity contribution is 0.208. The van der Waals surface area contributed by atoms with Crippen LogP contribution in [0.4, 0.5) is 16.3 Å². The number of carbonyl (C=O) groups excluding carboxylic acids is 1. The second-order valence-electron chi connectivity index (χ2n) is 7.04. The van der Waals surface area contributed by atoms with Crippen molar-refractivity contribution in [3.63, 3.8) is 0 Å². The molecule has 27 heavy (non-hydrogen) atoms. The van der Waals surface area contributed by atoms with Crippen molar-refractivity contribution in [1.29, 1.82) is 0 Å². The van der Waals surface area contributed by atoms with Crippen LogP contribution in [0.2, 0.25) is 0 Å². The third kappa shape index (κ3) is 3.20. The molecule has 140 valence electrons. The molecule has 2 aromatic heterocycles. The van der Waals surface area contributed by atoms with Gasteiger partial charge in [-0.25, -0.2) is 14.8 Å². The molecule has 3 heterocycles. The van der Waals surface area contributed by atoms with E-state index in [2.05, 4.69) is 45.1 Å². The number of rotatable bonds is 2. The molecule has 0 radical (unpaired) electrons. The van der Waals surface area contributed by atoms with E-state index in [-0.39, 0.29) is 6.03 Å². The Morgan fingerprint density at radius 3 is 2.63 bits per heavy atom. The van der Waals surface area contributed by atoms with E-state index in [1.54, 1.807) is 6.33 Å². The van der Waals surface area contributed by atoms with Gasteiger partial charge in [0.2, 0.25) is 0 Å². The Labute approximate surface area is 158 Å². The summed E-state index contributed by atoms with van der Waals surface area (Å²) >= 11 is 0. The van der Waals surface area contributed by atoms with Crippen molar-refractivity contribution in [1.82, 2.24) is 19.9 Å². The van der Waals surface area contributed by atoms with Gasteiger partial charge in [-0.3, -0.25) is 0 Å². The summed E-state index contributed by atoms with van der Waals surface area (Å²) in [4.78, 5) is 28.7. The molecule has 0 aliphatic carbocycles. The first-order chi connectivity index (χ1) is 13.0. The van der Waals surface area contributed by atoms with Gasteiger partial charge < -0.3 is 20.1 Å². The summed E-state index contributed by atoms with van der Waals surface area (Å²) in [5.74, 6) is 0.938. The highest BCUT2D eigenvalue weighted by molar-refractivity contribution is 5.92. The zero-order valence-corrected chi connectivity index (χ0v) is 15.9. The van der Waals surface area contributed by atoms with Gasteiger partial charge in [0.05, 0.1) is 5.39 Å². The molecule has 7 heteroatoms. The second kappa shape index (κ2) is 6.90. The maximum atomic E-state index is 12.7. The summed E-state index contributed by atoms with van der Waals surface area (Å²) in [5.41, 5.74) is 5.15. The van der Waals surface area contributed by atoms with Gasteiger partial charge in [-0.1, -0.05) is 12.1 Å². The van der Waals surface area contributed by atoms with Gasteiger partial charge in [-0.2, -0.15) is 0 Å². The van der Waals surface area contributed by atoms with Crippen LogP contribution in [-0.4, -0.2) is 52.1 Å². The van der Waals surface area contributed by atoms with Crippen LogP contribution in [0.3, 0.4) is 0 Å². The molecule has 1 aliphatic heterocycles. The lowest BCUT2D eigenvalue weighted by atomic mass is 10.1. The predicted molar refractivity (Wildman–Crippen MR) is 107 cm³/mol. The number of benzene rings is 1. The molecule has 0 spiro atoms. The van der Waals surface area contributed by atoms with Gasteiger partial charge >= 0.3 is 6.03 Å². The number of piperazine rings is 1. The summed E-state index contributed by atoms with van der Waals surface area (Å²) in [6, 6.07) is 5.92. The van der Waals surface area contributed by atoms with Crippen LogP contribution in [0.25, 0.3) is 11.0 Å².